The fourth-order valence-electron chi connectivity index (χ4n) is 2.09. The molecule has 0 saturated carbocycles. The number of hydrogen-bond donors (Lipinski definition) is 1. The minimum atomic E-state index is 0.199. The molecule has 1 heterocycles. The quantitative estimate of drug-likeness (QED) is 0.811. The van der Waals surface area contributed by atoms with Crippen LogP contribution in [0.1, 0.15) is 47.1 Å². The van der Waals surface area contributed by atoms with Gasteiger partial charge in [-0.15, -0.1) is 0 Å². The fourth-order valence-corrected chi connectivity index (χ4v) is 2.09. The Hall–Kier alpha value is -2.10. The number of anilines is 1. The number of hydrogen-bond acceptors (Lipinski definition) is 4. The highest BCUT2D eigenvalue weighted by atomic mass is 16.5. The largest absolute Gasteiger partial charge is 0.381 e. The number of nitrogens with one attached hydrogen (secondary N) is 1. The molecule has 0 fully saturated rings. The second kappa shape index (κ2) is 6.37. The average Bonchev–Trinajstić information content (AvgIpc) is 2.77. The van der Waals surface area contributed by atoms with Crippen LogP contribution < -0.4 is 5.32 Å². The monoisotopic (exact) mass is 272 g/mol. The predicted molar refractivity (Wildman–Crippen MR) is 79.0 cm³/mol. The van der Waals surface area contributed by atoms with Crippen LogP contribution in [-0.2, 0) is 6.54 Å². The summed E-state index contributed by atoms with van der Waals surface area (Å²) in [5, 5.41) is 7.24. The molecule has 2 rings (SSSR count). The topological polar surface area (TPSA) is 55.1 Å². The number of rotatable bonds is 6. The highest BCUT2D eigenvalue weighted by molar-refractivity contribution is 5.96. The molecule has 0 aliphatic rings. The summed E-state index contributed by atoms with van der Waals surface area (Å²) in [4.78, 5) is 11.7. The molecule has 106 valence electrons. The summed E-state index contributed by atoms with van der Waals surface area (Å²) in [6.07, 6.45) is 1.48. The Morgan fingerprint density at radius 3 is 2.50 bits per heavy atom. The predicted octanol–water partition coefficient (Wildman–Crippen LogP) is 3.89. The second-order valence-electron chi connectivity index (χ2n) is 4.91. The fraction of sp³-hybridized carbons (Fsp3) is 0.375. The van der Waals surface area contributed by atoms with E-state index in [9.17, 15) is 4.79 Å². The van der Waals surface area contributed by atoms with Gasteiger partial charge in [-0.3, -0.25) is 4.79 Å². The van der Waals surface area contributed by atoms with Crippen molar-refractivity contribution in [2.75, 3.05) is 5.32 Å². The van der Waals surface area contributed by atoms with Crippen LogP contribution in [-0.4, -0.2) is 10.9 Å². The number of carbonyl (C=O) groups is 1. The van der Waals surface area contributed by atoms with Crippen molar-refractivity contribution in [2.45, 2.75) is 40.2 Å². The summed E-state index contributed by atoms with van der Waals surface area (Å²) in [6.45, 7) is 6.52. The van der Waals surface area contributed by atoms with Gasteiger partial charge in [0.25, 0.3) is 0 Å². The normalized spacial score (nSPS) is 10.6. The smallest absolute Gasteiger partial charge is 0.162 e. The van der Waals surface area contributed by atoms with E-state index < -0.39 is 0 Å². The number of aryl methyl sites for hydroxylation is 2. The summed E-state index contributed by atoms with van der Waals surface area (Å²) in [7, 11) is 0. The maximum absolute atomic E-state index is 11.7. The van der Waals surface area contributed by atoms with Gasteiger partial charge in [-0.1, -0.05) is 12.1 Å². The summed E-state index contributed by atoms with van der Waals surface area (Å²) in [5.74, 6) is 1.04. The SMILES string of the molecule is CCCC(=O)c1ccc(NCc2c(C)noc2C)cc1. The molecule has 0 bridgehead atoms. The van der Waals surface area contributed by atoms with Crippen molar-refractivity contribution in [3.8, 4) is 0 Å². The van der Waals surface area contributed by atoms with Gasteiger partial charge in [-0.25, -0.2) is 0 Å². The third-order valence-corrected chi connectivity index (χ3v) is 3.33. The molecule has 0 spiro atoms. The van der Waals surface area contributed by atoms with Crippen molar-refractivity contribution in [3.63, 3.8) is 0 Å². The lowest BCUT2D eigenvalue weighted by Crippen LogP contribution is -2.02. The van der Waals surface area contributed by atoms with Crippen LogP contribution >= 0.6 is 0 Å². The van der Waals surface area contributed by atoms with Gasteiger partial charge in [0.05, 0.1) is 5.69 Å². The van der Waals surface area contributed by atoms with E-state index in [1.165, 1.54) is 0 Å². The number of nitrogens with zero attached hydrogens (tertiary/aromatic N) is 1. The molecule has 0 saturated heterocycles. The van der Waals surface area contributed by atoms with Gasteiger partial charge in [0, 0.05) is 29.8 Å². The maximum atomic E-state index is 11.7. The first-order chi connectivity index (χ1) is 9.61. The lowest BCUT2D eigenvalue weighted by Gasteiger charge is -2.07. The first-order valence-electron chi connectivity index (χ1n) is 6.90. The summed E-state index contributed by atoms with van der Waals surface area (Å²) < 4.78 is 5.13. The Morgan fingerprint density at radius 2 is 1.95 bits per heavy atom. The second-order valence-corrected chi connectivity index (χ2v) is 4.91. The third kappa shape index (κ3) is 3.26. The van der Waals surface area contributed by atoms with E-state index in [2.05, 4.69) is 10.5 Å². The van der Waals surface area contributed by atoms with Crippen molar-refractivity contribution in [3.05, 3.63) is 46.8 Å². The zero-order chi connectivity index (χ0) is 14.5. The minimum absolute atomic E-state index is 0.199. The zero-order valence-electron chi connectivity index (χ0n) is 12.2. The van der Waals surface area contributed by atoms with Gasteiger partial charge in [0.1, 0.15) is 5.76 Å². The van der Waals surface area contributed by atoms with Gasteiger partial charge >= 0.3 is 0 Å². The van der Waals surface area contributed by atoms with Crippen LogP contribution in [0.15, 0.2) is 28.8 Å². The maximum Gasteiger partial charge on any atom is 0.162 e. The van der Waals surface area contributed by atoms with Crippen LogP contribution in [0.25, 0.3) is 0 Å². The van der Waals surface area contributed by atoms with Gasteiger partial charge < -0.3 is 9.84 Å². The molecule has 0 unspecified atom stereocenters. The summed E-state index contributed by atoms with van der Waals surface area (Å²) in [5.41, 5.74) is 3.74. The zero-order valence-corrected chi connectivity index (χ0v) is 12.2. The number of aromatic nitrogens is 1. The van der Waals surface area contributed by atoms with E-state index in [1.54, 1.807) is 0 Å². The highest BCUT2D eigenvalue weighted by Crippen LogP contribution is 2.16. The van der Waals surface area contributed by atoms with Crippen molar-refractivity contribution < 1.29 is 9.32 Å². The van der Waals surface area contributed by atoms with Crippen LogP contribution in [0.2, 0.25) is 0 Å². The molecule has 0 amide bonds. The first kappa shape index (κ1) is 14.3. The Bertz CT molecular complexity index is 566. The highest BCUT2D eigenvalue weighted by Gasteiger charge is 2.08. The van der Waals surface area contributed by atoms with Crippen LogP contribution in [0, 0.1) is 13.8 Å². The molecule has 20 heavy (non-hydrogen) atoms. The lowest BCUT2D eigenvalue weighted by molar-refractivity contribution is 0.0982. The molecule has 2 aromatic rings. The van der Waals surface area contributed by atoms with Gasteiger partial charge in [-0.2, -0.15) is 0 Å². The molecule has 0 radical (unpaired) electrons. The number of Topliss-reactive ketones (excluding diaryl/α,β-unsaturated/α-hetero) is 1. The molecule has 0 aliphatic carbocycles. The molecular weight excluding hydrogens is 252 g/mol. The third-order valence-electron chi connectivity index (χ3n) is 3.33. The van der Waals surface area contributed by atoms with E-state index in [-0.39, 0.29) is 5.78 Å². The molecule has 0 aliphatic heterocycles. The molecular formula is C16H20N2O2. The Kier molecular flexibility index (Phi) is 4.56. The van der Waals surface area contributed by atoms with Crippen molar-refractivity contribution in [2.24, 2.45) is 0 Å². The number of ketones is 1. The van der Waals surface area contributed by atoms with Crippen molar-refractivity contribution in [1.82, 2.24) is 5.16 Å². The number of carbonyl (C=O) groups excluding carboxylic acids is 1. The minimum Gasteiger partial charge on any atom is -0.381 e. The molecule has 1 N–H and O–H groups in total. The molecule has 1 aromatic carbocycles. The van der Waals surface area contributed by atoms with E-state index in [1.807, 2.05) is 45.0 Å². The molecule has 0 atom stereocenters. The molecule has 4 nitrogen and oxygen atoms in total. The lowest BCUT2D eigenvalue weighted by atomic mass is 10.1. The van der Waals surface area contributed by atoms with Crippen LogP contribution in [0.4, 0.5) is 5.69 Å². The van der Waals surface area contributed by atoms with Crippen molar-refractivity contribution in [1.29, 1.82) is 0 Å². The van der Waals surface area contributed by atoms with E-state index in [0.717, 1.165) is 34.7 Å². The van der Waals surface area contributed by atoms with Gasteiger partial charge in [0.2, 0.25) is 0 Å². The van der Waals surface area contributed by atoms with E-state index in [4.69, 9.17) is 4.52 Å². The van der Waals surface area contributed by atoms with Gasteiger partial charge in [-0.05, 0) is 44.5 Å². The van der Waals surface area contributed by atoms with Crippen molar-refractivity contribution >= 4 is 11.5 Å². The van der Waals surface area contributed by atoms with Crippen LogP contribution in [0.5, 0.6) is 0 Å². The summed E-state index contributed by atoms with van der Waals surface area (Å²) in [6, 6.07) is 7.60. The molecule has 1 aromatic heterocycles. The Labute approximate surface area is 119 Å². The standard InChI is InChI=1S/C16H20N2O2/c1-4-5-16(19)13-6-8-14(9-7-13)17-10-15-11(2)18-20-12(15)3/h6-9,17H,4-5,10H2,1-3H3. The van der Waals surface area contributed by atoms with Gasteiger partial charge in [0.15, 0.2) is 5.78 Å². The van der Waals surface area contributed by atoms with E-state index in [0.29, 0.717) is 13.0 Å². The summed E-state index contributed by atoms with van der Waals surface area (Å²) >= 11 is 0. The van der Waals surface area contributed by atoms with Crippen LogP contribution in [0.3, 0.4) is 0 Å². The number of benzene rings is 1. The van der Waals surface area contributed by atoms with E-state index >= 15 is 0 Å². The Balaban J connectivity index is 1.99. The molecule has 4 heteroatoms. The first-order valence-corrected chi connectivity index (χ1v) is 6.90. The Morgan fingerprint density at radius 1 is 1.25 bits per heavy atom. The average molecular weight is 272 g/mol.